The molecule has 27 heavy (non-hydrogen) atoms. The Morgan fingerprint density at radius 2 is 1.89 bits per heavy atom. The van der Waals surface area contributed by atoms with Crippen LogP contribution in [0.15, 0.2) is 36.9 Å². The number of amides is 2. The Morgan fingerprint density at radius 3 is 2.59 bits per heavy atom. The molecule has 2 amide bonds. The fraction of sp³-hybridized carbons (Fsp3) is 0.524. The largest absolute Gasteiger partial charge is 0.490 e. The van der Waals surface area contributed by atoms with Gasteiger partial charge in [-0.1, -0.05) is 12.7 Å². The Kier molecular flexibility index (Phi) is 5.16. The lowest BCUT2D eigenvalue weighted by atomic mass is 9.99. The first-order valence-corrected chi connectivity index (χ1v) is 9.73. The van der Waals surface area contributed by atoms with Gasteiger partial charge in [-0.2, -0.15) is 0 Å². The van der Waals surface area contributed by atoms with E-state index in [0.717, 1.165) is 32.4 Å². The van der Waals surface area contributed by atoms with Gasteiger partial charge in [0.1, 0.15) is 12.4 Å². The van der Waals surface area contributed by atoms with Gasteiger partial charge in [0.25, 0.3) is 5.91 Å². The Morgan fingerprint density at radius 1 is 1.15 bits per heavy atom. The number of rotatable bonds is 5. The number of carbonyl (C=O) groups excluding carboxylic acids is 2. The van der Waals surface area contributed by atoms with Crippen LogP contribution in [0.25, 0.3) is 0 Å². The van der Waals surface area contributed by atoms with Crippen molar-refractivity contribution in [3.8, 4) is 5.75 Å². The summed E-state index contributed by atoms with van der Waals surface area (Å²) in [6.07, 6.45) is 4.35. The van der Waals surface area contributed by atoms with E-state index in [1.807, 2.05) is 9.80 Å². The summed E-state index contributed by atoms with van der Waals surface area (Å²) in [7, 11) is 0. The van der Waals surface area contributed by atoms with Crippen molar-refractivity contribution in [1.82, 2.24) is 9.80 Å². The molecule has 3 heterocycles. The molecule has 6 heteroatoms. The van der Waals surface area contributed by atoms with E-state index in [4.69, 9.17) is 9.47 Å². The van der Waals surface area contributed by atoms with Gasteiger partial charge in [0, 0.05) is 31.7 Å². The molecule has 2 bridgehead atoms. The fourth-order valence-electron chi connectivity index (χ4n) is 4.29. The van der Waals surface area contributed by atoms with E-state index in [1.165, 1.54) is 0 Å². The monoisotopic (exact) mass is 370 g/mol. The minimum atomic E-state index is -0.184. The topological polar surface area (TPSA) is 59.1 Å². The molecule has 3 fully saturated rings. The highest BCUT2D eigenvalue weighted by molar-refractivity contribution is 5.94. The number of fused-ring (bicyclic) bond motifs is 2. The van der Waals surface area contributed by atoms with E-state index in [2.05, 4.69) is 6.58 Å². The predicted octanol–water partition coefficient (Wildman–Crippen LogP) is 2.10. The number of hydrogen-bond donors (Lipinski definition) is 0. The van der Waals surface area contributed by atoms with Gasteiger partial charge in [-0.25, -0.2) is 0 Å². The van der Waals surface area contributed by atoms with Crippen molar-refractivity contribution in [1.29, 1.82) is 0 Å². The van der Waals surface area contributed by atoms with Gasteiger partial charge in [-0.3, -0.25) is 9.59 Å². The molecule has 4 rings (SSSR count). The highest BCUT2D eigenvalue weighted by atomic mass is 16.5. The van der Waals surface area contributed by atoms with Crippen molar-refractivity contribution in [2.45, 2.75) is 31.5 Å². The zero-order valence-electron chi connectivity index (χ0n) is 15.5. The first-order chi connectivity index (χ1) is 13.2. The number of ether oxygens (including phenoxy) is 2. The van der Waals surface area contributed by atoms with Crippen molar-refractivity contribution >= 4 is 11.8 Å². The van der Waals surface area contributed by atoms with Crippen molar-refractivity contribution in [3.05, 3.63) is 42.5 Å². The molecule has 3 saturated heterocycles. The van der Waals surface area contributed by atoms with Crippen LogP contribution in [0, 0.1) is 5.92 Å². The van der Waals surface area contributed by atoms with Crippen LogP contribution in [0.2, 0.25) is 0 Å². The van der Waals surface area contributed by atoms with E-state index in [0.29, 0.717) is 31.0 Å². The maximum absolute atomic E-state index is 12.9. The highest BCUT2D eigenvalue weighted by Gasteiger charge is 2.47. The van der Waals surface area contributed by atoms with Gasteiger partial charge in [0.05, 0.1) is 18.1 Å². The summed E-state index contributed by atoms with van der Waals surface area (Å²) < 4.78 is 11.5. The number of benzene rings is 1. The summed E-state index contributed by atoms with van der Waals surface area (Å²) in [6, 6.07) is 7.16. The smallest absolute Gasteiger partial charge is 0.254 e. The molecule has 6 nitrogen and oxygen atoms in total. The molecule has 0 aliphatic carbocycles. The normalized spacial score (nSPS) is 26.9. The molecule has 1 aromatic rings. The lowest BCUT2D eigenvalue weighted by Gasteiger charge is -2.33. The minimum Gasteiger partial charge on any atom is -0.490 e. The van der Waals surface area contributed by atoms with Crippen LogP contribution < -0.4 is 4.74 Å². The van der Waals surface area contributed by atoms with E-state index in [9.17, 15) is 9.59 Å². The zero-order chi connectivity index (χ0) is 18.8. The summed E-state index contributed by atoms with van der Waals surface area (Å²) in [5, 5.41) is 0. The van der Waals surface area contributed by atoms with Crippen molar-refractivity contribution in [2.24, 2.45) is 5.92 Å². The third-order valence-electron chi connectivity index (χ3n) is 5.65. The van der Waals surface area contributed by atoms with Crippen LogP contribution in [0.3, 0.4) is 0 Å². The molecule has 1 aromatic carbocycles. The summed E-state index contributed by atoms with van der Waals surface area (Å²) >= 11 is 0. The maximum atomic E-state index is 12.9. The van der Waals surface area contributed by atoms with E-state index in [-0.39, 0.29) is 29.9 Å². The van der Waals surface area contributed by atoms with Crippen LogP contribution in [-0.4, -0.2) is 66.6 Å². The van der Waals surface area contributed by atoms with Gasteiger partial charge < -0.3 is 19.3 Å². The van der Waals surface area contributed by atoms with Gasteiger partial charge in [0.15, 0.2) is 0 Å². The van der Waals surface area contributed by atoms with Gasteiger partial charge >= 0.3 is 0 Å². The lowest BCUT2D eigenvalue weighted by molar-refractivity contribution is -0.137. The summed E-state index contributed by atoms with van der Waals surface area (Å²) in [5.74, 6) is 0.793. The van der Waals surface area contributed by atoms with Gasteiger partial charge in [-0.05, 0) is 43.5 Å². The zero-order valence-corrected chi connectivity index (χ0v) is 15.5. The second-order valence-corrected chi connectivity index (χ2v) is 7.51. The molecule has 3 atom stereocenters. The van der Waals surface area contributed by atoms with Gasteiger partial charge in [0.2, 0.25) is 5.91 Å². The lowest BCUT2D eigenvalue weighted by Crippen LogP contribution is -2.48. The second-order valence-electron chi connectivity index (χ2n) is 7.51. The first-order valence-electron chi connectivity index (χ1n) is 9.73. The Balaban J connectivity index is 1.40. The molecule has 0 N–H and O–H groups in total. The average molecular weight is 370 g/mol. The molecule has 3 aliphatic heterocycles. The summed E-state index contributed by atoms with van der Waals surface area (Å²) in [4.78, 5) is 29.5. The molecular formula is C21H26N2O4. The number of nitrogens with zero attached hydrogens (tertiary/aromatic N) is 2. The Hall–Kier alpha value is -2.34. The average Bonchev–Trinajstić information content (AvgIpc) is 3.33. The van der Waals surface area contributed by atoms with Crippen LogP contribution in [0.4, 0.5) is 0 Å². The highest BCUT2D eigenvalue weighted by Crippen LogP contribution is 2.34. The molecule has 3 unspecified atom stereocenters. The molecular weight excluding hydrogens is 344 g/mol. The Bertz CT molecular complexity index is 711. The fourth-order valence-corrected chi connectivity index (χ4v) is 4.29. The maximum Gasteiger partial charge on any atom is 0.254 e. The van der Waals surface area contributed by atoms with Crippen LogP contribution >= 0.6 is 0 Å². The second kappa shape index (κ2) is 7.72. The summed E-state index contributed by atoms with van der Waals surface area (Å²) in [5.41, 5.74) is 0.629. The van der Waals surface area contributed by atoms with Crippen LogP contribution in [0.1, 0.15) is 29.6 Å². The SMILES string of the molecule is C=CCOc1ccc(C(=O)N2CC3CC(C(=O)N4CCCC4)C(C2)O3)cc1. The molecule has 0 aromatic heterocycles. The van der Waals surface area contributed by atoms with E-state index < -0.39 is 0 Å². The summed E-state index contributed by atoms with van der Waals surface area (Å²) in [6.45, 7) is 6.80. The number of hydrogen-bond acceptors (Lipinski definition) is 4. The molecule has 0 saturated carbocycles. The number of likely N-dealkylation sites (tertiary alicyclic amines) is 2. The third kappa shape index (κ3) is 3.72. The molecule has 0 spiro atoms. The van der Waals surface area contributed by atoms with Crippen LogP contribution in [-0.2, 0) is 9.53 Å². The van der Waals surface area contributed by atoms with Crippen molar-refractivity contribution in [2.75, 3.05) is 32.8 Å². The molecule has 144 valence electrons. The third-order valence-corrected chi connectivity index (χ3v) is 5.65. The first kappa shape index (κ1) is 18.0. The van der Waals surface area contributed by atoms with Crippen LogP contribution in [0.5, 0.6) is 5.75 Å². The van der Waals surface area contributed by atoms with Crippen molar-refractivity contribution in [3.63, 3.8) is 0 Å². The quantitative estimate of drug-likeness (QED) is 0.745. The van der Waals surface area contributed by atoms with Crippen molar-refractivity contribution < 1.29 is 19.1 Å². The minimum absolute atomic E-state index is 0.0159. The standard InChI is InChI=1S/C21H26N2O4/c1-2-11-26-16-7-5-15(6-8-16)20(24)23-13-17-12-18(19(14-23)27-17)21(25)22-9-3-4-10-22/h2,5-8,17-19H,1,3-4,9-14H2. The number of carbonyl (C=O) groups is 2. The number of morpholine rings is 1. The van der Waals surface area contributed by atoms with Gasteiger partial charge in [-0.15, -0.1) is 0 Å². The molecule has 3 aliphatic rings. The molecule has 0 radical (unpaired) electrons. The Labute approximate surface area is 159 Å². The van der Waals surface area contributed by atoms with E-state index in [1.54, 1.807) is 30.3 Å². The predicted molar refractivity (Wildman–Crippen MR) is 101 cm³/mol. The van der Waals surface area contributed by atoms with E-state index >= 15 is 0 Å².